The van der Waals surface area contributed by atoms with Gasteiger partial charge in [-0.25, -0.2) is 23.4 Å². The predicted molar refractivity (Wildman–Crippen MR) is 149 cm³/mol. The van der Waals surface area contributed by atoms with Crippen molar-refractivity contribution in [3.05, 3.63) is 70.9 Å². The van der Waals surface area contributed by atoms with Crippen molar-refractivity contribution in [1.82, 2.24) is 14.8 Å². The van der Waals surface area contributed by atoms with Crippen LogP contribution in [0.1, 0.15) is 67.0 Å². The van der Waals surface area contributed by atoms with Crippen molar-refractivity contribution in [2.45, 2.75) is 69.9 Å². The molecule has 0 N–H and O–H groups in total. The molecule has 1 aromatic heterocycles. The molecule has 2 atom stereocenters. The van der Waals surface area contributed by atoms with E-state index in [2.05, 4.69) is 11.6 Å². The number of piperidine rings is 1. The van der Waals surface area contributed by atoms with Crippen LogP contribution < -0.4 is 4.90 Å². The molecule has 2 aliphatic heterocycles. The number of ether oxygens (including phenoxy) is 2. The van der Waals surface area contributed by atoms with Crippen LogP contribution in [0.4, 0.5) is 46.1 Å². The van der Waals surface area contributed by atoms with Gasteiger partial charge in [-0.2, -0.15) is 22.0 Å². The molecule has 0 spiro atoms. The number of allylic oxidation sites excluding steroid dienone is 1. The zero-order chi connectivity index (χ0) is 33.3. The van der Waals surface area contributed by atoms with Gasteiger partial charge in [0.1, 0.15) is 11.9 Å². The van der Waals surface area contributed by atoms with Crippen LogP contribution in [0.3, 0.4) is 0 Å². The zero-order valence-electron chi connectivity index (χ0n) is 24.8. The number of methoxy groups -OCH3 is 1. The highest BCUT2D eigenvalue weighted by molar-refractivity contribution is 5.71. The lowest BCUT2D eigenvalue weighted by atomic mass is 9.95. The van der Waals surface area contributed by atoms with Crippen LogP contribution in [0.5, 0.6) is 0 Å². The van der Waals surface area contributed by atoms with Gasteiger partial charge < -0.3 is 19.3 Å². The first kappa shape index (κ1) is 33.8. The minimum absolute atomic E-state index is 0.0479. The number of pyridine rings is 1. The van der Waals surface area contributed by atoms with Crippen LogP contribution in [0.15, 0.2) is 43.1 Å². The highest BCUT2D eigenvalue weighted by Crippen LogP contribution is 2.40. The summed E-state index contributed by atoms with van der Waals surface area (Å²) < 4.78 is 108. The maximum absolute atomic E-state index is 14.4. The van der Waals surface area contributed by atoms with Gasteiger partial charge in [0.25, 0.3) is 12.3 Å². The van der Waals surface area contributed by atoms with Gasteiger partial charge in [0, 0.05) is 48.6 Å². The Balaban J connectivity index is 1.67. The third kappa shape index (κ3) is 7.12. The Hall–Kier alpha value is -4.04. The molecule has 246 valence electrons. The number of amides is 2. The average Bonchev–Trinajstić information content (AvgIpc) is 3.29. The van der Waals surface area contributed by atoms with Crippen molar-refractivity contribution >= 4 is 18.0 Å². The van der Waals surface area contributed by atoms with Crippen LogP contribution in [-0.4, -0.2) is 65.8 Å². The molecular weight excluding hydrogens is 613 g/mol. The fraction of sp³-hybridized carbons (Fsp3) is 0.500. The van der Waals surface area contributed by atoms with Crippen LogP contribution in [0.25, 0.3) is 0 Å². The van der Waals surface area contributed by atoms with Crippen molar-refractivity contribution in [2.24, 2.45) is 0 Å². The smallest absolute Gasteiger partial charge is 0.417 e. The Labute approximate surface area is 255 Å². The summed E-state index contributed by atoms with van der Waals surface area (Å²) in [5.74, 6) is -3.46. The normalized spacial score (nSPS) is 19.6. The number of hydrogen-bond acceptors (Lipinski definition) is 6. The second-order valence-corrected chi connectivity index (χ2v) is 10.9. The van der Waals surface area contributed by atoms with E-state index in [0.29, 0.717) is 50.8 Å². The average molecular weight is 647 g/mol. The second kappa shape index (κ2) is 13.1. The highest BCUT2D eigenvalue weighted by atomic mass is 19.4. The predicted octanol–water partition coefficient (Wildman–Crippen LogP) is 7.45. The fourth-order valence-corrected chi connectivity index (χ4v) is 5.72. The first-order valence-corrected chi connectivity index (χ1v) is 14.2. The summed E-state index contributed by atoms with van der Waals surface area (Å²) in [4.78, 5) is 33.6. The van der Waals surface area contributed by atoms with Gasteiger partial charge in [0.15, 0.2) is 0 Å². The molecule has 15 heteroatoms. The van der Waals surface area contributed by atoms with E-state index in [9.17, 15) is 40.3 Å². The lowest BCUT2D eigenvalue weighted by molar-refractivity contribution is -0.137. The first-order valence-electron chi connectivity index (χ1n) is 14.2. The molecule has 0 bridgehead atoms. The fourth-order valence-electron chi connectivity index (χ4n) is 5.72. The summed E-state index contributed by atoms with van der Waals surface area (Å²) in [6.07, 6.45) is -8.61. The van der Waals surface area contributed by atoms with E-state index < -0.39 is 66.1 Å². The molecule has 2 amide bonds. The SMILES string of the molecule is C=CC(F)(F)c1cc(C(F)F)cc(C2OC(=O)N(Cc3cc(C(F)(F)F)cnc3N(CC)C3CCN(C(=O)OC)CC3)C2C)c1. The van der Waals surface area contributed by atoms with Crippen molar-refractivity contribution in [3.8, 4) is 0 Å². The molecule has 2 aromatic rings. The third-order valence-corrected chi connectivity index (χ3v) is 8.15. The monoisotopic (exact) mass is 646 g/mol. The Morgan fingerprint density at radius 3 is 2.38 bits per heavy atom. The van der Waals surface area contributed by atoms with E-state index in [1.807, 2.05) is 4.90 Å². The van der Waals surface area contributed by atoms with Crippen LogP contribution >= 0.6 is 0 Å². The summed E-state index contributed by atoms with van der Waals surface area (Å²) in [7, 11) is 1.27. The van der Waals surface area contributed by atoms with Crippen LogP contribution in [0.2, 0.25) is 0 Å². The van der Waals surface area contributed by atoms with E-state index in [1.165, 1.54) is 18.9 Å². The number of benzene rings is 1. The minimum atomic E-state index is -4.74. The zero-order valence-corrected chi connectivity index (χ0v) is 24.8. The molecule has 0 aliphatic carbocycles. The Kier molecular flexibility index (Phi) is 9.88. The van der Waals surface area contributed by atoms with Gasteiger partial charge in [0.05, 0.1) is 25.3 Å². The number of likely N-dealkylation sites (tertiary alicyclic amines) is 1. The van der Waals surface area contributed by atoms with Crippen molar-refractivity contribution < 1.29 is 49.8 Å². The number of halogens is 7. The second-order valence-electron chi connectivity index (χ2n) is 10.9. The van der Waals surface area contributed by atoms with E-state index in [4.69, 9.17) is 9.47 Å². The Bertz CT molecular complexity index is 1410. The number of nitrogens with zero attached hydrogens (tertiary/aromatic N) is 4. The molecule has 2 aliphatic rings. The number of aromatic nitrogens is 1. The number of anilines is 1. The molecule has 3 heterocycles. The number of carbonyl (C=O) groups excluding carboxylic acids is 2. The Morgan fingerprint density at radius 2 is 1.82 bits per heavy atom. The number of carbonyl (C=O) groups is 2. The molecule has 2 saturated heterocycles. The molecular formula is C30H33F7N4O4. The van der Waals surface area contributed by atoms with Gasteiger partial charge in [-0.15, -0.1) is 0 Å². The molecule has 4 rings (SSSR count). The molecule has 2 fully saturated rings. The first-order chi connectivity index (χ1) is 21.1. The summed E-state index contributed by atoms with van der Waals surface area (Å²) in [5, 5.41) is 0. The standard InChI is InChI=1S/C30H33F7N4O4/c1-5-29(33,34)21-12-18(11-19(13-21)25(31)32)24-17(3)41(28(43)45-24)16-20-14-22(30(35,36)37)15-38-26(20)40(6-2)23-7-9-39(10-8-23)27(42)44-4/h5,11-15,17,23-25H,1,6-10,16H2,2-4H3. The summed E-state index contributed by atoms with van der Waals surface area (Å²) >= 11 is 0. The topological polar surface area (TPSA) is 75.2 Å². The van der Waals surface area contributed by atoms with Crippen molar-refractivity contribution in [1.29, 1.82) is 0 Å². The van der Waals surface area contributed by atoms with E-state index in [-0.39, 0.29) is 23.0 Å². The molecule has 0 radical (unpaired) electrons. The van der Waals surface area contributed by atoms with Crippen molar-refractivity contribution in [3.63, 3.8) is 0 Å². The summed E-state index contributed by atoms with van der Waals surface area (Å²) in [5.41, 5.74) is -2.61. The number of hydrogen-bond donors (Lipinski definition) is 0. The van der Waals surface area contributed by atoms with E-state index in [1.54, 1.807) is 6.92 Å². The molecule has 1 aromatic carbocycles. The maximum Gasteiger partial charge on any atom is 0.417 e. The van der Waals surface area contributed by atoms with E-state index >= 15 is 0 Å². The van der Waals surface area contributed by atoms with Gasteiger partial charge in [-0.1, -0.05) is 6.58 Å². The van der Waals surface area contributed by atoms with E-state index in [0.717, 1.165) is 23.1 Å². The largest absolute Gasteiger partial charge is 0.453 e. The number of alkyl halides is 7. The van der Waals surface area contributed by atoms with Crippen molar-refractivity contribution in [2.75, 3.05) is 31.6 Å². The maximum atomic E-state index is 14.4. The van der Waals surface area contributed by atoms with Gasteiger partial charge >= 0.3 is 18.4 Å². The summed E-state index contributed by atoms with van der Waals surface area (Å²) in [6, 6.07) is 2.30. The number of rotatable bonds is 9. The minimum Gasteiger partial charge on any atom is -0.453 e. The number of cyclic esters (lactones) is 1. The van der Waals surface area contributed by atoms with Gasteiger partial charge in [0.2, 0.25) is 0 Å². The van der Waals surface area contributed by atoms with Gasteiger partial charge in [-0.3, -0.25) is 4.90 Å². The van der Waals surface area contributed by atoms with Crippen LogP contribution in [-0.2, 0) is 28.1 Å². The molecule has 45 heavy (non-hydrogen) atoms. The molecule has 8 nitrogen and oxygen atoms in total. The lowest BCUT2D eigenvalue weighted by Crippen LogP contribution is -2.47. The van der Waals surface area contributed by atoms with Crippen LogP contribution in [0, 0.1) is 0 Å². The highest BCUT2D eigenvalue weighted by Gasteiger charge is 2.42. The Morgan fingerprint density at radius 1 is 1.16 bits per heavy atom. The van der Waals surface area contributed by atoms with Gasteiger partial charge in [-0.05, 0) is 62.6 Å². The molecule has 0 saturated carbocycles. The lowest BCUT2D eigenvalue weighted by Gasteiger charge is -2.39. The quantitative estimate of drug-likeness (QED) is 0.208. The molecule has 2 unspecified atom stereocenters. The summed E-state index contributed by atoms with van der Waals surface area (Å²) in [6.45, 7) is 6.99. The third-order valence-electron chi connectivity index (χ3n) is 8.15.